The Balaban J connectivity index is 1.79. The van der Waals surface area contributed by atoms with E-state index in [0.29, 0.717) is 6.61 Å². The van der Waals surface area contributed by atoms with Crippen molar-refractivity contribution in [2.75, 3.05) is 5.48 Å². The van der Waals surface area contributed by atoms with Gasteiger partial charge in [-0.15, -0.1) is 0 Å². The molecule has 1 aromatic heterocycles. The first-order chi connectivity index (χ1) is 6.95. The Kier molecular flexibility index (Phi) is 2.78. The van der Waals surface area contributed by atoms with Crippen molar-refractivity contribution in [2.45, 2.75) is 6.61 Å². The van der Waals surface area contributed by atoms with Gasteiger partial charge in [0, 0.05) is 11.8 Å². The van der Waals surface area contributed by atoms with Crippen molar-refractivity contribution in [3.63, 3.8) is 0 Å². The van der Waals surface area contributed by atoms with Crippen molar-refractivity contribution in [3.8, 4) is 0 Å². The number of para-hydroxylation sites is 1. The van der Waals surface area contributed by atoms with Gasteiger partial charge in [0.25, 0.3) is 0 Å². The molecule has 4 nitrogen and oxygen atoms in total. The third kappa shape index (κ3) is 2.34. The second-order valence-electron chi connectivity index (χ2n) is 2.86. The predicted molar refractivity (Wildman–Crippen MR) is 53.4 cm³/mol. The van der Waals surface area contributed by atoms with Crippen molar-refractivity contribution in [3.05, 3.63) is 48.3 Å². The van der Waals surface area contributed by atoms with E-state index in [0.717, 1.165) is 11.3 Å². The molecular formula is C10H11N3O. The Labute approximate surface area is 81.9 Å². The van der Waals surface area contributed by atoms with Crippen molar-refractivity contribution in [1.82, 2.24) is 10.2 Å². The summed E-state index contributed by atoms with van der Waals surface area (Å²) >= 11 is 0. The smallest absolute Gasteiger partial charge is 0.103 e. The van der Waals surface area contributed by atoms with Gasteiger partial charge in [0.1, 0.15) is 6.61 Å². The van der Waals surface area contributed by atoms with Crippen LogP contribution in [0.25, 0.3) is 0 Å². The van der Waals surface area contributed by atoms with Gasteiger partial charge in [-0.25, -0.2) is 0 Å². The number of rotatable bonds is 4. The van der Waals surface area contributed by atoms with Gasteiger partial charge >= 0.3 is 0 Å². The van der Waals surface area contributed by atoms with E-state index in [2.05, 4.69) is 15.7 Å². The van der Waals surface area contributed by atoms with Crippen LogP contribution in [0.5, 0.6) is 0 Å². The first-order valence-corrected chi connectivity index (χ1v) is 4.35. The molecule has 72 valence electrons. The topological polar surface area (TPSA) is 49.9 Å². The fourth-order valence-corrected chi connectivity index (χ4v) is 1.07. The van der Waals surface area contributed by atoms with Gasteiger partial charge in [-0.1, -0.05) is 18.2 Å². The van der Waals surface area contributed by atoms with Gasteiger partial charge in [0.2, 0.25) is 0 Å². The fraction of sp³-hybridized carbons (Fsp3) is 0.100. The van der Waals surface area contributed by atoms with Crippen LogP contribution >= 0.6 is 0 Å². The number of hydrogen-bond acceptors (Lipinski definition) is 3. The van der Waals surface area contributed by atoms with Gasteiger partial charge in [-0.05, 0) is 12.1 Å². The fourth-order valence-electron chi connectivity index (χ4n) is 1.07. The average Bonchev–Trinajstić information content (AvgIpc) is 2.72. The predicted octanol–water partition coefficient (Wildman–Crippen LogP) is 1.95. The second-order valence-corrected chi connectivity index (χ2v) is 2.86. The molecule has 0 aliphatic carbocycles. The van der Waals surface area contributed by atoms with Gasteiger partial charge in [0.15, 0.2) is 0 Å². The number of nitrogens with zero attached hydrogens (tertiary/aromatic N) is 1. The molecule has 1 aromatic carbocycles. The first-order valence-electron chi connectivity index (χ1n) is 4.35. The van der Waals surface area contributed by atoms with Crippen LogP contribution in [-0.2, 0) is 11.4 Å². The number of benzene rings is 1. The van der Waals surface area contributed by atoms with Gasteiger partial charge in [-0.3, -0.25) is 15.4 Å². The average molecular weight is 189 g/mol. The van der Waals surface area contributed by atoms with E-state index in [1.807, 2.05) is 30.3 Å². The number of nitrogens with one attached hydrogen (secondary N) is 2. The molecule has 0 fully saturated rings. The minimum absolute atomic E-state index is 0.491. The molecule has 0 unspecified atom stereocenters. The summed E-state index contributed by atoms with van der Waals surface area (Å²) in [6.07, 6.45) is 3.53. The standard InChI is InChI=1S/C10H11N3O/c1-2-4-10(5-3-1)13-14-8-9-6-11-12-7-9/h1-7,13H,8H2,(H,11,12). The lowest BCUT2D eigenvalue weighted by molar-refractivity contribution is 0.180. The van der Waals surface area contributed by atoms with E-state index in [-0.39, 0.29) is 0 Å². The summed E-state index contributed by atoms with van der Waals surface area (Å²) in [5.74, 6) is 0. The van der Waals surface area contributed by atoms with Crippen molar-refractivity contribution in [2.24, 2.45) is 0 Å². The quantitative estimate of drug-likeness (QED) is 0.723. The highest BCUT2D eigenvalue weighted by Crippen LogP contribution is 2.05. The van der Waals surface area contributed by atoms with Crippen LogP contribution in [0.15, 0.2) is 42.7 Å². The molecule has 14 heavy (non-hydrogen) atoms. The highest BCUT2D eigenvalue weighted by Gasteiger charge is 1.93. The van der Waals surface area contributed by atoms with E-state index < -0.39 is 0 Å². The number of anilines is 1. The third-order valence-electron chi connectivity index (χ3n) is 1.76. The summed E-state index contributed by atoms with van der Waals surface area (Å²) in [6.45, 7) is 0.491. The monoisotopic (exact) mass is 189 g/mol. The summed E-state index contributed by atoms with van der Waals surface area (Å²) in [5.41, 5.74) is 4.79. The van der Waals surface area contributed by atoms with Crippen LogP contribution in [0.3, 0.4) is 0 Å². The zero-order valence-electron chi connectivity index (χ0n) is 7.60. The molecule has 2 N–H and O–H groups in total. The molecule has 0 aliphatic rings. The minimum Gasteiger partial charge on any atom is -0.285 e. The molecule has 4 heteroatoms. The van der Waals surface area contributed by atoms with Crippen molar-refractivity contribution in [1.29, 1.82) is 0 Å². The first kappa shape index (κ1) is 8.77. The molecule has 0 atom stereocenters. The van der Waals surface area contributed by atoms with Crippen LogP contribution in [0, 0.1) is 0 Å². The molecule has 0 saturated heterocycles. The number of hydrogen-bond donors (Lipinski definition) is 2. The SMILES string of the molecule is c1ccc(NOCc2cn[nH]c2)cc1. The van der Waals surface area contributed by atoms with Crippen LogP contribution in [-0.4, -0.2) is 10.2 Å². The Morgan fingerprint density at radius 2 is 2.14 bits per heavy atom. The largest absolute Gasteiger partial charge is 0.285 e. The van der Waals surface area contributed by atoms with Gasteiger partial charge < -0.3 is 0 Å². The maximum absolute atomic E-state index is 5.25. The maximum Gasteiger partial charge on any atom is 0.103 e. The van der Waals surface area contributed by atoms with E-state index in [1.54, 1.807) is 12.4 Å². The number of H-pyrrole nitrogens is 1. The Morgan fingerprint density at radius 3 is 2.86 bits per heavy atom. The third-order valence-corrected chi connectivity index (χ3v) is 1.76. The summed E-state index contributed by atoms with van der Waals surface area (Å²) in [7, 11) is 0. The molecule has 0 bridgehead atoms. The molecular weight excluding hydrogens is 178 g/mol. The zero-order valence-corrected chi connectivity index (χ0v) is 7.60. The zero-order chi connectivity index (χ0) is 9.64. The highest BCUT2D eigenvalue weighted by molar-refractivity contribution is 5.39. The van der Waals surface area contributed by atoms with Gasteiger partial charge in [0.05, 0.1) is 11.9 Å². The van der Waals surface area contributed by atoms with E-state index in [4.69, 9.17) is 4.84 Å². The molecule has 2 rings (SSSR count). The summed E-state index contributed by atoms with van der Waals surface area (Å²) in [5, 5.41) is 6.54. The van der Waals surface area contributed by atoms with Crippen LogP contribution in [0.4, 0.5) is 5.69 Å². The lowest BCUT2D eigenvalue weighted by atomic mass is 10.3. The second kappa shape index (κ2) is 4.43. The minimum atomic E-state index is 0.491. The lowest BCUT2D eigenvalue weighted by Gasteiger charge is -2.04. The Bertz CT molecular complexity index is 358. The van der Waals surface area contributed by atoms with Crippen molar-refractivity contribution >= 4 is 5.69 Å². The summed E-state index contributed by atoms with van der Waals surface area (Å²) in [4.78, 5) is 5.25. The molecule has 0 amide bonds. The molecule has 0 aliphatic heterocycles. The molecule has 0 radical (unpaired) electrons. The molecule has 1 heterocycles. The number of aromatic amines is 1. The summed E-state index contributed by atoms with van der Waals surface area (Å²) in [6, 6.07) is 9.74. The molecule has 2 aromatic rings. The van der Waals surface area contributed by atoms with Crippen LogP contribution in [0.1, 0.15) is 5.56 Å². The highest BCUT2D eigenvalue weighted by atomic mass is 16.6. The lowest BCUT2D eigenvalue weighted by Crippen LogP contribution is -2.00. The van der Waals surface area contributed by atoms with Gasteiger partial charge in [-0.2, -0.15) is 5.10 Å². The maximum atomic E-state index is 5.25. The van der Waals surface area contributed by atoms with Crippen LogP contribution in [0.2, 0.25) is 0 Å². The van der Waals surface area contributed by atoms with E-state index in [1.165, 1.54) is 0 Å². The Hall–Kier alpha value is -1.81. The van der Waals surface area contributed by atoms with Crippen LogP contribution < -0.4 is 5.48 Å². The normalized spacial score (nSPS) is 10.0. The van der Waals surface area contributed by atoms with E-state index >= 15 is 0 Å². The van der Waals surface area contributed by atoms with E-state index in [9.17, 15) is 0 Å². The number of aromatic nitrogens is 2. The Morgan fingerprint density at radius 1 is 1.29 bits per heavy atom. The van der Waals surface area contributed by atoms with Crippen molar-refractivity contribution < 1.29 is 4.84 Å². The molecule has 0 saturated carbocycles. The molecule has 0 spiro atoms. The summed E-state index contributed by atoms with van der Waals surface area (Å²) < 4.78 is 0.